The highest BCUT2D eigenvalue weighted by molar-refractivity contribution is 9.10. The lowest BCUT2D eigenvalue weighted by molar-refractivity contribution is -0.116. The van der Waals surface area contributed by atoms with Crippen LogP contribution in [0.1, 0.15) is 11.4 Å². The minimum absolute atomic E-state index is 0.119. The molecule has 2 heterocycles. The molecule has 4 rings (SSSR count). The van der Waals surface area contributed by atoms with Crippen molar-refractivity contribution in [2.45, 2.75) is 20.0 Å². The Hall–Kier alpha value is -3.26. The number of hydrogen-bond acceptors (Lipinski definition) is 4. The third kappa shape index (κ3) is 4.12. The van der Waals surface area contributed by atoms with Crippen molar-refractivity contribution in [2.24, 2.45) is 0 Å². The van der Waals surface area contributed by atoms with Crippen molar-refractivity contribution in [1.82, 2.24) is 19.3 Å². The largest absolute Gasteiger partial charge is 0.309 e. The molecule has 2 aromatic carbocycles. The number of carbonyl (C=O) groups excluding carboxylic acids is 1. The van der Waals surface area contributed by atoms with Crippen LogP contribution in [-0.4, -0.2) is 25.2 Å². The second-order valence-electron chi connectivity index (χ2n) is 6.62. The summed E-state index contributed by atoms with van der Waals surface area (Å²) in [5.74, 6) is 0.745. The number of nitrogens with zero attached hydrogens (tertiary/aromatic N) is 4. The number of para-hydroxylation sites is 1. The molecule has 2 aromatic heterocycles. The average Bonchev–Trinajstić information content (AvgIpc) is 3.13. The molecule has 4 aromatic rings. The second-order valence-corrected chi connectivity index (χ2v) is 7.53. The predicted molar refractivity (Wildman–Crippen MR) is 115 cm³/mol. The lowest BCUT2D eigenvalue weighted by Crippen LogP contribution is -2.30. The number of nitrogens with one attached hydrogen (secondary N) is 1. The molecule has 146 valence electrons. The first kappa shape index (κ1) is 19.1. The van der Waals surface area contributed by atoms with Crippen LogP contribution in [0.2, 0.25) is 0 Å². The fraction of sp³-hybridized carbons (Fsp3) is 0.143. The van der Waals surface area contributed by atoms with Gasteiger partial charge in [-0.1, -0.05) is 40.2 Å². The first-order valence-electron chi connectivity index (χ1n) is 9.03. The molecule has 0 aliphatic rings. The van der Waals surface area contributed by atoms with Crippen LogP contribution >= 0.6 is 15.9 Å². The molecule has 0 aliphatic heterocycles. The summed E-state index contributed by atoms with van der Waals surface area (Å²) in [6.45, 7) is 2.12. The number of benzene rings is 2. The number of anilines is 1. The maximum absolute atomic E-state index is 12.7. The standard InChI is InChI=1S/C21H18BrN5O2/c1-14-24-18-5-3-2-4-17(18)21(29)26(14)13-20(28)25-19-10-11-23-27(19)12-15-6-8-16(22)9-7-15/h2-11H,12-13H2,1H3,(H,25,28). The molecule has 0 saturated carbocycles. The maximum atomic E-state index is 12.7. The third-order valence-corrected chi connectivity index (χ3v) is 5.11. The Morgan fingerprint density at radius 2 is 1.86 bits per heavy atom. The van der Waals surface area contributed by atoms with E-state index in [1.54, 1.807) is 42.1 Å². The molecule has 8 heteroatoms. The lowest BCUT2D eigenvalue weighted by Gasteiger charge is -2.12. The Balaban J connectivity index is 1.53. The van der Waals surface area contributed by atoms with E-state index >= 15 is 0 Å². The van der Waals surface area contributed by atoms with Crippen LogP contribution in [-0.2, 0) is 17.9 Å². The molecule has 0 fully saturated rings. The van der Waals surface area contributed by atoms with Crippen LogP contribution in [0.25, 0.3) is 10.9 Å². The van der Waals surface area contributed by atoms with E-state index < -0.39 is 0 Å². The van der Waals surface area contributed by atoms with Crippen molar-refractivity contribution in [3.8, 4) is 0 Å². The van der Waals surface area contributed by atoms with Gasteiger partial charge in [-0.2, -0.15) is 5.10 Å². The van der Waals surface area contributed by atoms with Gasteiger partial charge in [0, 0.05) is 10.5 Å². The van der Waals surface area contributed by atoms with E-state index in [-0.39, 0.29) is 18.0 Å². The maximum Gasteiger partial charge on any atom is 0.261 e. The molecule has 1 amide bonds. The summed E-state index contributed by atoms with van der Waals surface area (Å²) in [6, 6.07) is 16.7. The van der Waals surface area contributed by atoms with Gasteiger partial charge in [-0.05, 0) is 36.8 Å². The summed E-state index contributed by atoms with van der Waals surface area (Å²) < 4.78 is 4.09. The number of aryl methyl sites for hydroxylation is 1. The highest BCUT2D eigenvalue weighted by atomic mass is 79.9. The summed E-state index contributed by atoms with van der Waals surface area (Å²) in [5.41, 5.74) is 1.45. The smallest absolute Gasteiger partial charge is 0.261 e. The normalized spacial score (nSPS) is 11.0. The highest BCUT2D eigenvalue weighted by Crippen LogP contribution is 2.14. The van der Waals surface area contributed by atoms with Crippen LogP contribution < -0.4 is 10.9 Å². The summed E-state index contributed by atoms with van der Waals surface area (Å²) in [6.07, 6.45) is 1.63. The van der Waals surface area contributed by atoms with E-state index in [0.29, 0.717) is 29.1 Å². The van der Waals surface area contributed by atoms with Crippen molar-refractivity contribution in [1.29, 1.82) is 0 Å². The number of aromatic nitrogens is 4. The molecule has 7 nitrogen and oxygen atoms in total. The van der Waals surface area contributed by atoms with E-state index in [0.717, 1.165) is 10.0 Å². The zero-order chi connectivity index (χ0) is 20.4. The zero-order valence-electron chi connectivity index (χ0n) is 15.7. The average molecular weight is 452 g/mol. The Morgan fingerprint density at radius 3 is 2.66 bits per heavy atom. The van der Waals surface area contributed by atoms with E-state index in [4.69, 9.17) is 0 Å². The van der Waals surface area contributed by atoms with E-state index in [2.05, 4.69) is 31.3 Å². The Morgan fingerprint density at radius 1 is 1.10 bits per heavy atom. The summed E-state index contributed by atoms with van der Waals surface area (Å²) >= 11 is 3.42. The zero-order valence-corrected chi connectivity index (χ0v) is 17.3. The summed E-state index contributed by atoms with van der Waals surface area (Å²) in [7, 11) is 0. The molecule has 0 bridgehead atoms. The number of amides is 1. The van der Waals surface area contributed by atoms with E-state index in [1.807, 2.05) is 30.3 Å². The van der Waals surface area contributed by atoms with E-state index in [9.17, 15) is 9.59 Å². The van der Waals surface area contributed by atoms with Crippen LogP contribution in [0, 0.1) is 6.92 Å². The van der Waals surface area contributed by atoms with Gasteiger partial charge in [0.15, 0.2) is 0 Å². The molecule has 0 radical (unpaired) electrons. The van der Waals surface area contributed by atoms with Gasteiger partial charge in [0.2, 0.25) is 5.91 Å². The number of carbonyl (C=O) groups is 1. The SMILES string of the molecule is Cc1nc2ccccc2c(=O)n1CC(=O)Nc1ccnn1Cc1ccc(Br)cc1. The molecule has 29 heavy (non-hydrogen) atoms. The summed E-state index contributed by atoms with van der Waals surface area (Å²) in [5, 5.41) is 7.61. The van der Waals surface area contributed by atoms with Gasteiger partial charge >= 0.3 is 0 Å². The fourth-order valence-electron chi connectivity index (χ4n) is 3.12. The predicted octanol–water partition coefficient (Wildman–Crippen LogP) is 3.35. The van der Waals surface area contributed by atoms with Gasteiger partial charge in [0.05, 0.1) is 23.6 Å². The summed E-state index contributed by atoms with van der Waals surface area (Å²) in [4.78, 5) is 29.8. The number of hydrogen-bond donors (Lipinski definition) is 1. The van der Waals surface area contributed by atoms with Crippen molar-refractivity contribution < 1.29 is 4.79 Å². The van der Waals surface area contributed by atoms with Crippen LogP contribution in [0.15, 0.2) is 70.1 Å². The van der Waals surface area contributed by atoms with Crippen molar-refractivity contribution >= 4 is 38.6 Å². The molecule has 0 atom stereocenters. The van der Waals surface area contributed by atoms with Gasteiger partial charge < -0.3 is 5.32 Å². The Bertz CT molecular complexity index is 1240. The fourth-order valence-corrected chi connectivity index (χ4v) is 3.38. The number of fused-ring (bicyclic) bond motifs is 1. The topological polar surface area (TPSA) is 81.8 Å². The molecular weight excluding hydrogens is 434 g/mol. The van der Waals surface area contributed by atoms with Crippen molar-refractivity contribution in [2.75, 3.05) is 5.32 Å². The van der Waals surface area contributed by atoms with Gasteiger partial charge in [-0.25, -0.2) is 9.67 Å². The van der Waals surface area contributed by atoms with Crippen molar-refractivity contribution in [3.63, 3.8) is 0 Å². The Kier molecular flexibility index (Phi) is 5.26. The van der Waals surface area contributed by atoms with Crippen molar-refractivity contribution in [3.05, 3.63) is 87.0 Å². The first-order valence-corrected chi connectivity index (χ1v) is 9.83. The van der Waals surface area contributed by atoms with Gasteiger partial charge in [0.25, 0.3) is 5.56 Å². The van der Waals surface area contributed by atoms with Crippen LogP contribution in [0.3, 0.4) is 0 Å². The van der Waals surface area contributed by atoms with Gasteiger partial charge in [0.1, 0.15) is 18.2 Å². The van der Waals surface area contributed by atoms with Gasteiger partial charge in [-0.3, -0.25) is 14.2 Å². The second kappa shape index (κ2) is 8.00. The molecule has 0 aliphatic carbocycles. The molecule has 0 spiro atoms. The monoisotopic (exact) mass is 451 g/mol. The number of rotatable bonds is 5. The van der Waals surface area contributed by atoms with Gasteiger partial charge in [-0.15, -0.1) is 0 Å². The first-order chi connectivity index (χ1) is 14.0. The quantitative estimate of drug-likeness (QED) is 0.504. The Labute approximate surface area is 175 Å². The highest BCUT2D eigenvalue weighted by Gasteiger charge is 2.13. The van der Waals surface area contributed by atoms with E-state index in [1.165, 1.54) is 4.57 Å². The molecule has 1 N–H and O–H groups in total. The minimum Gasteiger partial charge on any atom is -0.309 e. The van der Waals surface area contributed by atoms with Crippen LogP contribution in [0.5, 0.6) is 0 Å². The molecule has 0 unspecified atom stereocenters. The minimum atomic E-state index is -0.315. The lowest BCUT2D eigenvalue weighted by atomic mass is 10.2. The van der Waals surface area contributed by atoms with Crippen LogP contribution in [0.4, 0.5) is 5.82 Å². The number of halogens is 1. The third-order valence-electron chi connectivity index (χ3n) is 4.58. The molecule has 0 saturated heterocycles. The molecular formula is C21H18BrN5O2.